The summed E-state index contributed by atoms with van der Waals surface area (Å²) in [6.07, 6.45) is 2.26. The number of rotatable bonds is 3. The summed E-state index contributed by atoms with van der Waals surface area (Å²) in [6, 6.07) is 30.3. The van der Waals surface area contributed by atoms with Gasteiger partial charge in [0.2, 0.25) is 11.0 Å². The Labute approximate surface area is 204 Å². The molecule has 0 amide bonds. The molecule has 0 aliphatic heterocycles. The van der Waals surface area contributed by atoms with E-state index in [1.165, 1.54) is 49.3 Å². The van der Waals surface area contributed by atoms with E-state index in [9.17, 15) is 0 Å². The van der Waals surface area contributed by atoms with E-state index in [-0.39, 0.29) is 0 Å². The summed E-state index contributed by atoms with van der Waals surface area (Å²) >= 11 is 6.20. The van der Waals surface area contributed by atoms with Gasteiger partial charge in [-0.25, -0.2) is 0 Å². The number of fused-ring (bicyclic) bond motifs is 4. The zero-order valence-corrected chi connectivity index (χ0v) is 20.4. The summed E-state index contributed by atoms with van der Waals surface area (Å²) in [6.45, 7) is 7.58. The van der Waals surface area contributed by atoms with E-state index in [2.05, 4.69) is 109 Å². The molecule has 2 heterocycles. The van der Waals surface area contributed by atoms with E-state index in [0.717, 1.165) is 22.9 Å². The van der Waals surface area contributed by atoms with Gasteiger partial charge in [-0.05, 0) is 91.2 Å². The SMILES string of the molecule is CC[n+]1c2cc3cc(-c4ccccc4)n(-c4ccc(Cl)cc4)cc3cc2c2cc(C)cc(C)c21. The van der Waals surface area contributed by atoms with Crippen LogP contribution < -0.4 is 4.57 Å². The molecule has 0 fully saturated rings. The van der Waals surface area contributed by atoms with Gasteiger partial charge in [-0.3, -0.25) is 0 Å². The van der Waals surface area contributed by atoms with Crippen LogP contribution in [0.15, 0.2) is 91.1 Å². The number of aryl methyl sites for hydroxylation is 3. The monoisotopic (exact) mass is 461 g/mol. The van der Waals surface area contributed by atoms with E-state index in [0.29, 0.717) is 0 Å². The molecule has 6 aromatic rings. The van der Waals surface area contributed by atoms with Crippen molar-refractivity contribution >= 4 is 44.2 Å². The molecule has 0 bridgehead atoms. The topological polar surface area (TPSA) is 8.81 Å². The van der Waals surface area contributed by atoms with E-state index in [4.69, 9.17) is 11.6 Å². The molecule has 0 spiro atoms. The Hall–Kier alpha value is -3.62. The van der Waals surface area contributed by atoms with Crippen LogP contribution in [0, 0.1) is 13.8 Å². The molecule has 0 saturated carbocycles. The van der Waals surface area contributed by atoms with Crippen molar-refractivity contribution < 1.29 is 4.57 Å². The highest BCUT2D eigenvalue weighted by Crippen LogP contribution is 2.34. The second-order valence-corrected chi connectivity index (χ2v) is 9.53. The lowest BCUT2D eigenvalue weighted by molar-refractivity contribution is -0.640. The molecule has 166 valence electrons. The maximum atomic E-state index is 6.20. The largest absolute Gasteiger partial charge is 0.316 e. The van der Waals surface area contributed by atoms with Crippen molar-refractivity contribution in [2.45, 2.75) is 27.3 Å². The van der Waals surface area contributed by atoms with Crippen LogP contribution in [0.4, 0.5) is 0 Å². The fraction of sp³-hybridized carbons (Fsp3) is 0.129. The van der Waals surface area contributed by atoms with Crippen molar-refractivity contribution in [2.24, 2.45) is 0 Å². The van der Waals surface area contributed by atoms with Gasteiger partial charge >= 0.3 is 0 Å². The van der Waals surface area contributed by atoms with Gasteiger partial charge in [-0.2, -0.15) is 4.57 Å². The first kappa shape index (κ1) is 20.9. The average Bonchev–Trinajstić information content (AvgIpc) is 3.15. The number of aromatic nitrogens is 2. The number of benzene rings is 4. The molecule has 6 rings (SSSR count). The lowest BCUT2D eigenvalue weighted by Gasteiger charge is -2.16. The molecule has 2 aromatic heterocycles. The Bertz CT molecular complexity index is 1690. The lowest BCUT2D eigenvalue weighted by atomic mass is 10.0. The van der Waals surface area contributed by atoms with E-state index in [1.54, 1.807) is 0 Å². The van der Waals surface area contributed by atoms with Gasteiger partial charge < -0.3 is 4.57 Å². The van der Waals surface area contributed by atoms with Gasteiger partial charge in [0.05, 0.1) is 16.5 Å². The van der Waals surface area contributed by atoms with E-state index in [1.807, 2.05) is 12.1 Å². The van der Waals surface area contributed by atoms with Gasteiger partial charge in [-0.15, -0.1) is 0 Å². The molecule has 4 aromatic carbocycles. The normalized spacial score (nSPS) is 11.6. The van der Waals surface area contributed by atoms with Crippen LogP contribution in [0.5, 0.6) is 0 Å². The fourth-order valence-electron chi connectivity index (χ4n) is 5.34. The Morgan fingerprint density at radius 2 is 1.56 bits per heavy atom. The van der Waals surface area contributed by atoms with Crippen LogP contribution in [0.3, 0.4) is 0 Å². The molecular weight excluding hydrogens is 436 g/mol. The quantitative estimate of drug-likeness (QED) is 0.235. The number of hydrogen-bond acceptors (Lipinski definition) is 0. The summed E-state index contributed by atoms with van der Waals surface area (Å²) in [7, 11) is 0. The summed E-state index contributed by atoms with van der Waals surface area (Å²) < 4.78 is 4.73. The maximum Gasteiger partial charge on any atom is 0.216 e. The van der Waals surface area contributed by atoms with Gasteiger partial charge in [0.25, 0.3) is 0 Å². The minimum Gasteiger partial charge on any atom is -0.316 e. The van der Waals surface area contributed by atoms with E-state index < -0.39 is 0 Å². The molecule has 0 atom stereocenters. The molecule has 2 nitrogen and oxygen atoms in total. The molecule has 0 aliphatic rings. The van der Waals surface area contributed by atoms with Crippen LogP contribution in [-0.4, -0.2) is 4.57 Å². The number of nitrogens with zero attached hydrogens (tertiary/aromatic N) is 2. The van der Waals surface area contributed by atoms with Gasteiger partial charge in [0.15, 0.2) is 0 Å². The first-order valence-electron chi connectivity index (χ1n) is 11.8. The molecule has 3 heteroatoms. The number of pyridine rings is 1. The van der Waals surface area contributed by atoms with Crippen LogP contribution in [0.1, 0.15) is 18.1 Å². The van der Waals surface area contributed by atoms with Crippen molar-refractivity contribution in [2.75, 3.05) is 0 Å². The molecule has 0 saturated heterocycles. The molecule has 0 aliphatic carbocycles. The Morgan fingerprint density at radius 3 is 2.29 bits per heavy atom. The average molecular weight is 462 g/mol. The second-order valence-electron chi connectivity index (χ2n) is 9.09. The minimum atomic E-state index is 0.742. The number of halogens is 1. The van der Waals surface area contributed by atoms with Crippen LogP contribution in [0.25, 0.3) is 49.5 Å². The third-order valence-electron chi connectivity index (χ3n) is 6.81. The summed E-state index contributed by atoms with van der Waals surface area (Å²) in [5.41, 5.74) is 8.69. The predicted octanol–water partition coefficient (Wildman–Crippen LogP) is 8.18. The van der Waals surface area contributed by atoms with Crippen molar-refractivity contribution in [1.29, 1.82) is 0 Å². The Kier molecular flexibility index (Phi) is 4.93. The first-order valence-corrected chi connectivity index (χ1v) is 12.2. The smallest absolute Gasteiger partial charge is 0.216 e. The standard InChI is InChI=1S/C31H26ClN2/c1-4-33-30-18-23-17-29(22-8-6-5-7-9-22)34(26-12-10-25(32)11-13-26)19-24(23)16-27(30)28-15-20(2)14-21(3)31(28)33/h5-19H,4H2,1-3H3/q+1. The zero-order valence-electron chi connectivity index (χ0n) is 19.6. The third kappa shape index (κ3) is 3.29. The summed E-state index contributed by atoms with van der Waals surface area (Å²) in [4.78, 5) is 0. The molecule has 0 N–H and O–H groups in total. The number of hydrogen-bond donors (Lipinski definition) is 0. The van der Waals surface area contributed by atoms with E-state index >= 15 is 0 Å². The highest BCUT2D eigenvalue weighted by molar-refractivity contribution is 6.30. The molecular formula is C31H26ClN2+. The van der Waals surface area contributed by atoms with Crippen molar-refractivity contribution in [3.8, 4) is 16.9 Å². The molecule has 0 unspecified atom stereocenters. The highest BCUT2D eigenvalue weighted by Gasteiger charge is 2.22. The van der Waals surface area contributed by atoms with Crippen molar-refractivity contribution in [1.82, 2.24) is 4.57 Å². The zero-order chi connectivity index (χ0) is 23.4. The lowest BCUT2D eigenvalue weighted by Crippen LogP contribution is -2.31. The Balaban J connectivity index is 1.72. The van der Waals surface area contributed by atoms with Crippen LogP contribution >= 0.6 is 11.6 Å². The molecule has 0 radical (unpaired) electrons. The van der Waals surface area contributed by atoms with Gasteiger partial charge in [-0.1, -0.05) is 41.9 Å². The predicted molar refractivity (Wildman–Crippen MR) is 144 cm³/mol. The van der Waals surface area contributed by atoms with Crippen LogP contribution in [-0.2, 0) is 6.54 Å². The van der Waals surface area contributed by atoms with Crippen LogP contribution in [0.2, 0.25) is 5.02 Å². The first-order chi connectivity index (χ1) is 16.5. The second kappa shape index (κ2) is 8.00. The van der Waals surface area contributed by atoms with Gasteiger partial charge in [0, 0.05) is 28.5 Å². The summed E-state index contributed by atoms with van der Waals surface area (Å²) in [5.74, 6) is 0. The van der Waals surface area contributed by atoms with Crippen molar-refractivity contribution in [3.63, 3.8) is 0 Å². The minimum absolute atomic E-state index is 0.742. The third-order valence-corrected chi connectivity index (χ3v) is 7.06. The van der Waals surface area contributed by atoms with Gasteiger partial charge in [0.1, 0.15) is 6.54 Å². The Morgan fingerprint density at radius 1 is 0.794 bits per heavy atom. The maximum absolute atomic E-state index is 6.20. The summed E-state index contributed by atoms with van der Waals surface area (Å²) in [5, 5.41) is 5.85. The van der Waals surface area contributed by atoms with Crippen molar-refractivity contribution in [3.05, 3.63) is 107 Å². The highest BCUT2D eigenvalue weighted by atomic mass is 35.5. The molecule has 34 heavy (non-hydrogen) atoms. The fourth-order valence-corrected chi connectivity index (χ4v) is 5.47.